The lowest BCUT2D eigenvalue weighted by Gasteiger charge is -2.08. The highest BCUT2D eigenvalue weighted by molar-refractivity contribution is 6.00. The molecule has 0 radical (unpaired) electrons. The van der Waals surface area contributed by atoms with E-state index < -0.39 is 5.97 Å². The molecule has 0 saturated heterocycles. The Morgan fingerprint density at radius 2 is 1.91 bits per heavy atom. The van der Waals surface area contributed by atoms with Crippen molar-refractivity contribution in [3.63, 3.8) is 0 Å². The Morgan fingerprint density at radius 3 is 2.35 bits per heavy atom. The fourth-order valence-corrected chi connectivity index (χ4v) is 3.05. The van der Waals surface area contributed by atoms with E-state index in [9.17, 15) is 9.90 Å². The molecule has 0 aliphatic carbocycles. The van der Waals surface area contributed by atoms with E-state index in [0.717, 1.165) is 17.7 Å². The molecular formula is C19H22N2O2. The molecule has 0 fully saturated rings. The first-order chi connectivity index (χ1) is 10.9. The molecule has 120 valence electrons. The van der Waals surface area contributed by atoms with Gasteiger partial charge in [0.1, 0.15) is 5.69 Å². The summed E-state index contributed by atoms with van der Waals surface area (Å²) in [7, 11) is 1.72. The second-order valence-electron chi connectivity index (χ2n) is 6.14. The molecule has 23 heavy (non-hydrogen) atoms. The Morgan fingerprint density at radius 1 is 1.30 bits per heavy atom. The van der Waals surface area contributed by atoms with Gasteiger partial charge in [0.05, 0.1) is 6.57 Å². The number of carboxylic acids is 1. The molecule has 1 aromatic heterocycles. The maximum atomic E-state index is 11.7. The van der Waals surface area contributed by atoms with E-state index in [4.69, 9.17) is 6.57 Å². The van der Waals surface area contributed by atoms with Crippen LogP contribution in [0.4, 0.5) is 5.69 Å². The van der Waals surface area contributed by atoms with Gasteiger partial charge in [0, 0.05) is 18.3 Å². The molecule has 1 heterocycles. The van der Waals surface area contributed by atoms with E-state index in [2.05, 4.69) is 18.7 Å². The van der Waals surface area contributed by atoms with Crippen molar-refractivity contribution >= 4 is 11.7 Å². The van der Waals surface area contributed by atoms with Gasteiger partial charge in [-0.3, -0.25) is 0 Å². The van der Waals surface area contributed by atoms with Crippen molar-refractivity contribution in [1.82, 2.24) is 4.57 Å². The third-order valence-corrected chi connectivity index (χ3v) is 4.02. The molecule has 0 amide bonds. The zero-order chi connectivity index (χ0) is 17.1. The highest BCUT2D eigenvalue weighted by Gasteiger charge is 2.25. The van der Waals surface area contributed by atoms with Gasteiger partial charge in [0.25, 0.3) is 0 Å². The van der Waals surface area contributed by atoms with Crippen LogP contribution < -0.4 is 0 Å². The first kappa shape index (κ1) is 16.8. The van der Waals surface area contributed by atoms with Crippen LogP contribution in [-0.2, 0) is 19.9 Å². The van der Waals surface area contributed by atoms with Gasteiger partial charge in [-0.15, -0.1) is 0 Å². The number of carbonyl (C=O) groups is 1. The number of hydrogen-bond acceptors (Lipinski definition) is 1. The summed E-state index contributed by atoms with van der Waals surface area (Å²) in [5.41, 5.74) is 3.93. The minimum atomic E-state index is -1.00. The Hall–Kier alpha value is -2.54. The van der Waals surface area contributed by atoms with Crippen LogP contribution in [0.1, 0.15) is 42.5 Å². The molecule has 0 saturated carbocycles. The normalized spacial score (nSPS) is 10.8. The van der Waals surface area contributed by atoms with E-state index in [1.807, 2.05) is 31.2 Å². The van der Waals surface area contributed by atoms with E-state index in [1.165, 1.54) is 5.56 Å². The van der Waals surface area contributed by atoms with Crippen LogP contribution in [0.5, 0.6) is 0 Å². The summed E-state index contributed by atoms with van der Waals surface area (Å²) in [5.74, 6) is -0.434. The fraction of sp³-hybridized carbons (Fsp3) is 0.368. The van der Waals surface area contributed by atoms with Crippen molar-refractivity contribution < 1.29 is 9.90 Å². The van der Waals surface area contributed by atoms with E-state index in [1.54, 1.807) is 11.6 Å². The number of aromatic nitrogens is 1. The molecule has 0 spiro atoms. The van der Waals surface area contributed by atoms with Crippen LogP contribution >= 0.6 is 0 Å². The maximum absolute atomic E-state index is 11.7. The van der Waals surface area contributed by atoms with Gasteiger partial charge in [-0.25, -0.2) is 9.64 Å². The zero-order valence-electron chi connectivity index (χ0n) is 14.1. The highest BCUT2D eigenvalue weighted by Crippen LogP contribution is 2.39. The smallest absolute Gasteiger partial charge is 0.351 e. The third-order valence-electron chi connectivity index (χ3n) is 4.02. The fourth-order valence-electron chi connectivity index (χ4n) is 3.05. The molecule has 0 atom stereocenters. The lowest BCUT2D eigenvalue weighted by Crippen LogP contribution is -2.07. The lowest BCUT2D eigenvalue weighted by molar-refractivity contribution is 0.0687. The van der Waals surface area contributed by atoms with Gasteiger partial charge in [0.2, 0.25) is 5.69 Å². The summed E-state index contributed by atoms with van der Waals surface area (Å²) in [4.78, 5) is 15.3. The number of nitrogens with zero attached hydrogens (tertiary/aromatic N) is 2. The molecule has 2 rings (SSSR count). The lowest BCUT2D eigenvalue weighted by atomic mass is 9.98. The molecule has 4 nitrogen and oxygen atoms in total. The van der Waals surface area contributed by atoms with Crippen molar-refractivity contribution in [2.75, 3.05) is 0 Å². The van der Waals surface area contributed by atoms with Crippen LogP contribution in [0, 0.1) is 12.5 Å². The van der Waals surface area contributed by atoms with Crippen molar-refractivity contribution in [2.24, 2.45) is 13.0 Å². The second kappa shape index (κ2) is 6.70. The number of benzene rings is 1. The number of rotatable bonds is 5. The van der Waals surface area contributed by atoms with Crippen molar-refractivity contribution in [3.8, 4) is 11.1 Å². The predicted octanol–water partition coefficient (Wildman–Crippen LogP) is 4.70. The highest BCUT2D eigenvalue weighted by atomic mass is 16.4. The summed E-state index contributed by atoms with van der Waals surface area (Å²) in [6, 6.07) is 7.89. The first-order valence-corrected chi connectivity index (χ1v) is 7.82. The Bertz CT molecular complexity index is 762. The topological polar surface area (TPSA) is 46.6 Å². The van der Waals surface area contributed by atoms with Gasteiger partial charge in [-0.2, -0.15) is 0 Å². The quantitative estimate of drug-likeness (QED) is 0.813. The van der Waals surface area contributed by atoms with E-state index >= 15 is 0 Å². The molecule has 0 aliphatic rings. The molecule has 0 unspecified atom stereocenters. The minimum Gasteiger partial charge on any atom is -0.477 e. The Balaban J connectivity index is 2.63. The van der Waals surface area contributed by atoms with Gasteiger partial charge < -0.3 is 9.67 Å². The van der Waals surface area contributed by atoms with Crippen LogP contribution in [0.3, 0.4) is 0 Å². The zero-order valence-corrected chi connectivity index (χ0v) is 14.1. The molecule has 0 aliphatic heterocycles. The Kier molecular flexibility index (Phi) is 4.90. The van der Waals surface area contributed by atoms with Crippen LogP contribution in [0.2, 0.25) is 0 Å². The summed E-state index contributed by atoms with van der Waals surface area (Å²) in [6.07, 6.45) is 1.61. The van der Waals surface area contributed by atoms with Gasteiger partial charge in [0.15, 0.2) is 0 Å². The Labute approximate surface area is 137 Å². The van der Waals surface area contributed by atoms with E-state index in [-0.39, 0.29) is 5.69 Å². The van der Waals surface area contributed by atoms with Crippen LogP contribution in [0.15, 0.2) is 24.3 Å². The molecule has 4 heteroatoms. The number of aromatic carboxylic acids is 1. The summed E-state index contributed by atoms with van der Waals surface area (Å²) >= 11 is 0. The SMILES string of the molecule is [C-]#[N+]c1c(-c2ccc(CC(C)C)cc2)c(C(=O)O)n(C)c1CC. The standard InChI is InChI=1S/C19H22N2O2/c1-6-15-17(20-4)16(18(19(22)23)21(15)5)14-9-7-13(8-10-14)11-12(2)3/h7-10,12H,6,11H2,1-3,5H3,(H,22,23). The number of carboxylic acid groups (broad SMARTS) is 1. The minimum absolute atomic E-state index is 0.185. The molecule has 2 aromatic rings. The average Bonchev–Trinajstić information content (AvgIpc) is 2.79. The van der Waals surface area contributed by atoms with Gasteiger partial charge in [-0.05, 0) is 29.9 Å². The monoisotopic (exact) mass is 310 g/mol. The number of hydrogen-bond donors (Lipinski definition) is 1. The molecule has 1 N–H and O–H groups in total. The molecule has 1 aromatic carbocycles. The van der Waals surface area contributed by atoms with E-state index in [0.29, 0.717) is 23.6 Å². The van der Waals surface area contributed by atoms with Crippen LogP contribution in [-0.4, -0.2) is 15.6 Å². The summed E-state index contributed by atoms with van der Waals surface area (Å²) in [5, 5.41) is 9.59. The third kappa shape index (κ3) is 3.14. The van der Waals surface area contributed by atoms with Crippen molar-refractivity contribution in [2.45, 2.75) is 33.6 Å². The summed E-state index contributed by atoms with van der Waals surface area (Å²) in [6.45, 7) is 13.7. The van der Waals surface area contributed by atoms with Gasteiger partial charge >= 0.3 is 5.97 Å². The predicted molar refractivity (Wildman–Crippen MR) is 92.0 cm³/mol. The van der Waals surface area contributed by atoms with Gasteiger partial charge in [-0.1, -0.05) is 45.0 Å². The largest absolute Gasteiger partial charge is 0.477 e. The average molecular weight is 310 g/mol. The molecule has 0 bridgehead atoms. The second-order valence-corrected chi connectivity index (χ2v) is 6.14. The molecular weight excluding hydrogens is 288 g/mol. The van der Waals surface area contributed by atoms with Crippen molar-refractivity contribution in [3.05, 3.63) is 52.6 Å². The maximum Gasteiger partial charge on any atom is 0.351 e. The first-order valence-electron chi connectivity index (χ1n) is 7.82. The van der Waals surface area contributed by atoms with Crippen LogP contribution in [0.25, 0.3) is 16.0 Å². The van der Waals surface area contributed by atoms with Crippen molar-refractivity contribution in [1.29, 1.82) is 0 Å². The summed E-state index contributed by atoms with van der Waals surface area (Å²) < 4.78 is 1.63.